The minimum absolute atomic E-state index is 0.164. The fourth-order valence-corrected chi connectivity index (χ4v) is 3.33. The first kappa shape index (κ1) is 24.0. The molecule has 1 N–H and O–H groups in total. The van der Waals surface area contributed by atoms with Gasteiger partial charge in [-0.15, -0.1) is 15.0 Å². The van der Waals surface area contributed by atoms with Crippen LogP contribution in [0.2, 0.25) is 0 Å². The summed E-state index contributed by atoms with van der Waals surface area (Å²) < 4.78 is 84.7. The van der Waals surface area contributed by atoms with Crippen LogP contribution in [-0.2, 0) is 22.7 Å². The summed E-state index contributed by atoms with van der Waals surface area (Å²) in [5, 5.41) is 18.1. The highest BCUT2D eigenvalue weighted by Gasteiger charge is 2.40. The predicted molar refractivity (Wildman–Crippen MR) is 111 cm³/mol. The molecule has 1 aromatic heterocycles. The van der Waals surface area contributed by atoms with E-state index in [1.807, 2.05) is 0 Å². The molecule has 1 unspecified atom stereocenters. The zero-order valence-electron chi connectivity index (χ0n) is 17.7. The molecule has 0 aliphatic carbocycles. The van der Waals surface area contributed by atoms with E-state index in [0.29, 0.717) is 35.3 Å². The Balaban J connectivity index is 1.83. The number of alkyl halides is 6. The van der Waals surface area contributed by atoms with Crippen LogP contribution in [0.4, 0.5) is 26.3 Å². The second-order valence-corrected chi connectivity index (χ2v) is 7.67. The number of hydrogen-bond donors (Lipinski definition) is 1. The van der Waals surface area contributed by atoms with Gasteiger partial charge in [-0.25, -0.2) is 4.79 Å². The number of nitrogens with zero attached hydrogens (tertiary/aromatic N) is 3. The quantitative estimate of drug-likeness (QED) is 0.352. The Morgan fingerprint density at radius 2 is 1.29 bits per heavy atom. The van der Waals surface area contributed by atoms with E-state index in [4.69, 9.17) is 4.74 Å². The summed E-state index contributed by atoms with van der Waals surface area (Å²) >= 11 is 0. The Morgan fingerprint density at radius 1 is 0.800 bits per heavy atom. The van der Waals surface area contributed by atoms with Crippen LogP contribution >= 0.6 is 0 Å². The fraction of sp³-hybridized carbons (Fsp3) is 0.174. The van der Waals surface area contributed by atoms with Gasteiger partial charge in [-0.1, -0.05) is 24.3 Å². The summed E-state index contributed by atoms with van der Waals surface area (Å²) in [5.41, 5.74) is -4.08. The molecule has 35 heavy (non-hydrogen) atoms. The molecule has 0 bridgehead atoms. The molecule has 4 aromatic rings. The minimum Gasteiger partial charge on any atom is -0.478 e. The Morgan fingerprint density at radius 3 is 1.77 bits per heavy atom. The maximum absolute atomic E-state index is 13.4. The minimum atomic E-state index is -4.73. The number of carbonyl (C=O) groups is 1. The van der Waals surface area contributed by atoms with Gasteiger partial charge in [-0.3, -0.25) is 0 Å². The Labute approximate surface area is 193 Å². The average molecular weight is 495 g/mol. The van der Waals surface area contributed by atoms with Gasteiger partial charge in [0.15, 0.2) is 0 Å². The molecule has 0 aliphatic rings. The monoisotopic (exact) mass is 495 g/mol. The second kappa shape index (κ2) is 8.29. The molecule has 0 aliphatic heterocycles. The van der Waals surface area contributed by atoms with E-state index < -0.39 is 35.0 Å². The highest BCUT2D eigenvalue weighted by atomic mass is 19.4. The van der Waals surface area contributed by atoms with Gasteiger partial charge in [0.1, 0.15) is 22.5 Å². The van der Waals surface area contributed by atoms with Crippen molar-refractivity contribution in [1.29, 1.82) is 0 Å². The van der Waals surface area contributed by atoms with Crippen LogP contribution in [0.5, 0.6) is 5.75 Å². The van der Waals surface area contributed by atoms with Gasteiger partial charge in [0.2, 0.25) is 5.60 Å². The summed E-state index contributed by atoms with van der Waals surface area (Å²) in [6.45, 7) is 1.08. The molecule has 0 saturated carbocycles. The number of fused-ring (bicyclic) bond motifs is 1. The van der Waals surface area contributed by atoms with Crippen LogP contribution < -0.4 is 4.74 Å². The third-order valence-corrected chi connectivity index (χ3v) is 5.27. The number of carboxylic acid groups (broad SMARTS) is 1. The average Bonchev–Trinajstić information content (AvgIpc) is 3.22. The molecule has 0 saturated heterocycles. The van der Waals surface area contributed by atoms with E-state index in [9.17, 15) is 36.2 Å². The van der Waals surface area contributed by atoms with Gasteiger partial charge in [-0.2, -0.15) is 26.3 Å². The van der Waals surface area contributed by atoms with Crippen molar-refractivity contribution in [1.82, 2.24) is 15.0 Å². The predicted octanol–water partition coefficient (Wildman–Crippen LogP) is 5.84. The van der Waals surface area contributed by atoms with Crippen molar-refractivity contribution >= 4 is 17.0 Å². The van der Waals surface area contributed by atoms with Gasteiger partial charge in [0.05, 0.1) is 11.1 Å². The third-order valence-electron chi connectivity index (χ3n) is 5.27. The number of carboxylic acids is 1. The standard InChI is InChI=1S/C23H15F6N3O3/c1-21(20(33)34,13-6-8-14(9-7-13)22(24,25)26)35-19-11-10-15(23(27,28)29)12-18(19)32-30-16-4-2-3-5-17(16)31-32/h2-12H,1H3,(H,33,34). The maximum atomic E-state index is 13.4. The lowest BCUT2D eigenvalue weighted by molar-refractivity contribution is -0.154. The molecular weight excluding hydrogens is 480 g/mol. The van der Waals surface area contributed by atoms with Crippen LogP contribution in [-0.4, -0.2) is 26.1 Å². The second-order valence-electron chi connectivity index (χ2n) is 7.67. The molecule has 1 atom stereocenters. The largest absolute Gasteiger partial charge is 0.478 e. The zero-order chi connectivity index (χ0) is 25.6. The molecule has 0 radical (unpaired) electrons. The van der Waals surface area contributed by atoms with E-state index in [2.05, 4.69) is 10.2 Å². The zero-order valence-corrected chi connectivity index (χ0v) is 17.7. The van der Waals surface area contributed by atoms with E-state index >= 15 is 0 Å². The Bertz CT molecular complexity index is 1360. The van der Waals surface area contributed by atoms with Crippen LogP contribution in [0.1, 0.15) is 23.6 Å². The van der Waals surface area contributed by atoms with E-state index in [1.165, 1.54) is 0 Å². The summed E-state index contributed by atoms with van der Waals surface area (Å²) in [7, 11) is 0. The molecule has 4 rings (SSSR count). The van der Waals surface area contributed by atoms with Crippen molar-refractivity contribution in [2.75, 3.05) is 0 Å². The summed E-state index contributed by atoms with van der Waals surface area (Å²) in [4.78, 5) is 13.0. The third kappa shape index (κ3) is 4.63. The van der Waals surface area contributed by atoms with Crippen molar-refractivity contribution < 1.29 is 41.0 Å². The SMILES string of the molecule is CC(Oc1ccc(C(F)(F)F)cc1-n1nc2ccccc2n1)(C(=O)O)c1ccc(C(F)(F)F)cc1. The Hall–Kier alpha value is -4.09. The molecule has 3 aromatic carbocycles. The van der Waals surface area contributed by atoms with E-state index in [-0.39, 0.29) is 17.0 Å². The van der Waals surface area contributed by atoms with Gasteiger partial charge in [-0.05, 0) is 49.4 Å². The smallest absolute Gasteiger partial charge is 0.416 e. The highest BCUT2D eigenvalue weighted by Crippen LogP contribution is 2.38. The number of rotatable bonds is 5. The molecule has 0 spiro atoms. The van der Waals surface area contributed by atoms with E-state index in [0.717, 1.165) is 29.9 Å². The number of aliphatic carboxylic acids is 1. The fourth-order valence-electron chi connectivity index (χ4n) is 3.33. The number of ether oxygens (including phenoxy) is 1. The van der Waals surface area contributed by atoms with Crippen molar-refractivity contribution in [3.63, 3.8) is 0 Å². The first-order chi connectivity index (χ1) is 16.3. The first-order valence-corrected chi connectivity index (χ1v) is 9.93. The van der Waals surface area contributed by atoms with Crippen LogP contribution in [0.15, 0.2) is 66.7 Å². The normalized spacial score (nSPS) is 14.0. The molecule has 182 valence electrons. The molecule has 0 amide bonds. The molecule has 1 heterocycles. The maximum Gasteiger partial charge on any atom is 0.416 e. The van der Waals surface area contributed by atoms with Crippen molar-refractivity contribution in [3.05, 3.63) is 83.4 Å². The van der Waals surface area contributed by atoms with E-state index in [1.54, 1.807) is 24.3 Å². The molecule has 0 fully saturated rings. The molecule has 12 heteroatoms. The van der Waals surface area contributed by atoms with Crippen molar-refractivity contribution in [2.45, 2.75) is 24.9 Å². The Kier molecular flexibility index (Phi) is 5.70. The summed E-state index contributed by atoms with van der Waals surface area (Å²) in [6, 6.07) is 12.0. The lowest BCUT2D eigenvalue weighted by atomic mass is 9.94. The lowest BCUT2D eigenvalue weighted by Gasteiger charge is -2.28. The van der Waals surface area contributed by atoms with Crippen molar-refractivity contribution in [3.8, 4) is 11.4 Å². The number of benzene rings is 3. The highest BCUT2D eigenvalue weighted by molar-refractivity contribution is 5.80. The van der Waals surface area contributed by atoms with Gasteiger partial charge in [0.25, 0.3) is 0 Å². The topological polar surface area (TPSA) is 77.2 Å². The van der Waals surface area contributed by atoms with Crippen LogP contribution in [0.25, 0.3) is 16.7 Å². The van der Waals surface area contributed by atoms with Gasteiger partial charge < -0.3 is 9.84 Å². The summed E-state index contributed by atoms with van der Waals surface area (Å²) in [6.07, 6.45) is -9.38. The lowest BCUT2D eigenvalue weighted by Crippen LogP contribution is -2.39. The number of hydrogen-bond acceptors (Lipinski definition) is 4. The van der Waals surface area contributed by atoms with Gasteiger partial charge in [0, 0.05) is 5.56 Å². The number of halogens is 6. The number of aromatic nitrogens is 3. The first-order valence-electron chi connectivity index (χ1n) is 9.93. The van der Waals surface area contributed by atoms with Crippen LogP contribution in [0, 0.1) is 0 Å². The summed E-state index contributed by atoms with van der Waals surface area (Å²) in [5.74, 6) is -1.91. The van der Waals surface area contributed by atoms with Crippen molar-refractivity contribution in [2.24, 2.45) is 0 Å². The van der Waals surface area contributed by atoms with Gasteiger partial charge >= 0.3 is 18.3 Å². The van der Waals surface area contributed by atoms with Crippen LogP contribution in [0.3, 0.4) is 0 Å². The molecular formula is C23H15F6N3O3. The molecule has 6 nitrogen and oxygen atoms in total.